The highest BCUT2D eigenvalue weighted by Gasteiger charge is 2.22. The highest BCUT2D eigenvalue weighted by molar-refractivity contribution is 5.75. The van der Waals surface area contributed by atoms with Crippen molar-refractivity contribution in [2.45, 2.75) is 0 Å². The summed E-state index contributed by atoms with van der Waals surface area (Å²) in [5, 5.41) is 3.15. The molecule has 0 fully saturated rings. The van der Waals surface area contributed by atoms with Gasteiger partial charge in [-0.05, 0) is 0 Å². The van der Waals surface area contributed by atoms with Gasteiger partial charge >= 0.3 is 0 Å². The summed E-state index contributed by atoms with van der Waals surface area (Å²) in [6.45, 7) is 1.66. The van der Waals surface area contributed by atoms with Crippen molar-refractivity contribution < 1.29 is 4.79 Å². The van der Waals surface area contributed by atoms with Crippen molar-refractivity contribution >= 4 is 12.2 Å². The molecule has 0 aromatic rings. The van der Waals surface area contributed by atoms with Gasteiger partial charge in [-0.15, -0.1) is 0 Å². The Kier molecular flexibility index (Phi) is 5.16. The molecule has 5 N–H and O–H groups in total. The molecule has 1 aliphatic carbocycles. The van der Waals surface area contributed by atoms with Crippen LogP contribution in [0.15, 0.2) is 41.4 Å². The molecule has 0 aliphatic heterocycles. The van der Waals surface area contributed by atoms with Gasteiger partial charge in [0.2, 0.25) is 0 Å². The van der Waals surface area contributed by atoms with Crippen LogP contribution in [0.4, 0.5) is 0 Å². The number of aldehydes is 1. The average molecular weight is 234 g/mol. The highest BCUT2D eigenvalue weighted by atomic mass is 16.1. The molecule has 0 saturated heterocycles. The minimum Gasteiger partial charge on any atom is -0.370 e. The van der Waals surface area contributed by atoms with Gasteiger partial charge < -0.3 is 21.6 Å². The predicted molar refractivity (Wildman–Crippen MR) is 69.5 cm³/mol. The van der Waals surface area contributed by atoms with Crippen molar-refractivity contribution in [3.8, 4) is 0 Å². The SMILES string of the molecule is NC(N)=NCCNCC1(C=O)C=CC=CC=C1. The molecule has 0 amide bonds. The summed E-state index contributed by atoms with van der Waals surface area (Å²) in [4.78, 5) is 15.0. The quantitative estimate of drug-likeness (QED) is 0.255. The minimum absolute atomic E-state index is 0.0790. The molecule has 17 heavy (non-hydrogen) atoms. The lowest BCUT2D eigenvalue weighted by molar-refractivity contribution is -0.112. The van der Waals surface area contributed by atoms with Crippen molar-refractivity contribution in [3.63, 3.8) is 0 Å². The second-order valence-corrected chi connectivity index (χ2v) is 3.82. The molecule has 0 aromatic carbocycles. The molecule has 0 spiro atoms. The molecule has 0 atom stereocenters. The van der Waals surface area contributed by atoms with Crippen LogP contribution in [0.25, 0.3) is 0 Å². The van der Waals surface area contributed by atoms with E-state index in [0.717, 1.165) is 6.29 Å². The van der Waals surface area contributed by atoms with E-state index < -0.39 is 5.41 Å². The number of allylic oxidation sites excluding steroid dienone is 4. The van der Waals surface area contributed by atoms with Crippen molar-refractivity contribution in [2.75, 3.05) is 19.6 Å². The van der Waals surface area contributed by atoms with Crippen LogP contribution in [0.5, 0.6) is 0 Å². The van der Waals surface area contributed by atoms with Crippen LogP contribution in [0, 0.1) is 5.41 Å². The van der Waals surface area contributed by atoms with Gasteiger partial charge in [-0.3, -0.25) is 4.99 Å². The maximum Gasteiger partial charge on any atom is 0.185 e. The number of nitrogens with one attached hydrogen (secondary N) is 1. The lowest BCUT2D eigenvalue weighted by Gasteiger charge is -2.20. The Morgan fingerprint density at radius 2 is 1.88 bits per heavy atom. The Bertz CT molecular complexity index is 349. The second kappa shape index (κ2) is 6.65. The summed E-state index contributed by atoms with van der Waals surface area (Å²) < 4.78 is 0. The van der Waals surface area contributed by atoms with Crippen LogP contribution in [0.2, 0.25) is 0 Å². The minimum atomic E-state index is -0.582. The number of carbonyl (C=O) groups is 1. The third-order valence-corrected chi connectivity index (χ3v) is 2.38. The van der Waals surface area contributed by atoms with E-state index in [4.69, 9.17) is 11.5 Å². The molecular formula is C12H18N4O. The standard InChI is InChI=1S/C12H18N4O/c13-11(14)16-8-7-15-9-12(10-17)5-3-1-2-4-6-12/h1-6,10,15H,7-9H2,(H4,13,14,16). The molecule has 0 radical (unpaired) electrons. The number of nitrogens with two attached hydrogens (primary N) is 2. The molecule has 0 aromatic heterocycles. The number of rotatable bonds is 6. The second-order valence-electron chi connectivity index (χ2n) is 3.82. The highest BCUT2D eigenvalue weighted by Crippen LogP contribution is 2.19. The van der Waals surface area contributed by atoms with E-state index in [0.29, 0.717) is 19.6 Å². The number of nitrogens with zero attached hydrogens (tertiary/aromatic N) is 1. The zero-order valence-electron chi connectivity index (χ0n) is 9.67. The number of hydrogen-bond donors (Lipinski definition) is 3. The lowest BCUT2D eigenvalue weighted by atomic mass is 9.89. The van der Waals surface area contributed by atoms with Gasteiger partial charge in [0.25, 0.3) is 0 Å². The van der Waals surface area contributed by atoms with E-state index in [2.05, 4.69) is 10.3 Å². The molecule has 1 aliphatic rings. The van der Waals surface area contributed by atoms with Crippen molar-refractivity contribution in [1.29, 1.82) is 0 Å². The fraction of sp³-hybridized carbons (Fsp3) is 0.333. The van der Waals surface area contributed by atoms with Gasteiger partial charge in [-0.25, -0.2) is 0 Å². The summed E-state index contributed by atoms with van der Waals surface area (Å²) in [6.07, 6.45) is 12.2. The molecule has 0 heterocycles. The molecule has 0 saturated carbocycles. The lowest BCUT2D eigenvalue weighted by Crippen LogP contribution is -2.34. The molecule has 0 bridgehead atoms. The van der Waals surface area contributed by atoms with Gasteiger partial charge in [0.05, 0.1) is 12.0 Å². The van der Waals surface area contributed by atoms with Gasteiger partial charge in [-0.1, -0.05) is 36.5 Å². The predicted octanol–water partition coefficient (Wildman–Crippen LogP) is -0.283. The first-order valence-electron chi connectivity index (χ1n) is 5.45. The molecular weight excluding hydrogens is 216 g/mol. The van der Waals surface area contributed by atoms with E-state index in [-0.39, 0.29) is 5.96 Å². The largest absolute Gasteiger partial charge is 0.370 e. The zero-order valence-corrected chi connectivity index (χ0v) is 9.67. The van der Waals surface area contributed by atoms with Gasteiger partial charge in [0, 0.05) is 13.1 Å². The summed E-state index contributed by atoms with van der Waals surface area (Å²) in [6, 6.07) is 0. The Morgan fingerprint density at radius 1 is 1.24 bits per heavy atom. The van der Waals surface area contributed by atoms with Gasteiger partial charge in [-0.2, -0.15) is 0 Å². The fourth-order valence-electron chi connectivity index (χ4n) is 1.46. The molecule has 5 nitrogen and oxygen atoms in total. The first kappa shape index (κ1) is 13.2. The van der Waals surface area contributed by atoms with Crippen LogP contribution >= 0.6 is 0 Å². The number of guanidine groups is 1. The topological polar surface area (TPSA) is 93.5 Å². The summed E-state index contributed by atoms with van der Waals surface area (Å²) in [5.74, 6) is 0.0790. The molecule has 1 rings (SSSR count). The van der Waals surface area contributed by atoms with Crippen LogP contribution < -0.4 is 16.8 Å². The summed E-state index contributed by atoms with van der Waals surface area (Å²) >= 11 is 0. The molecule has 0 unspecified atom stereocenters. The van der Waals surface area contributed by atoms with E-state index >= 15 is 0 Å². The summed E-state index contributed by atoms with van der Waals surface area (Å²) in [7, 11) is 0. The number of carbonyl (C=O) groups excluding carboxylic acids is 1. The fourth-order valence-corrected chi connectivity index (χ4v) is 1.46. The first-order chi connectivity index (χ1) is 8.18. The third kappa shape index (κ3) is 4.65. The monoisotopic (exact) mass is 234 g/mol. The van der Waals surface area contributed by atoms with E-state index in [1.807, 2.05) is 36.5 Å². The third-order valence-electron chi connectivity index (χ3n) is 2.38. The van der Waals surface area contributed by atoms with Crippen LogP contribution in [0.1, 0.15) is 0 Å². The van der Waals surface area contributed by atoms with Crippen LogP contribution in [-0.4, -0.2) is 31.9 Å². The van der Waals surface area contributed by atoms with E-state index in [9.17, 15) is 4.79 Å². The first-order valence-corrected chi connectivity index (χ1v) is 5.45. The van der Waals surface area contributed by atoms with Crippen LogP contribution in [-0.2, 0) is 4.79 Å². The number of aliphatic imine (C=N–C) groups is 1. The van der Waals surface area contributed by atoms with Crippen molar-refractivity contribution in [1.82, 2.24) is 5.32 Å². The van der Waals surface area contributed by atoms with Gasteiger partial charge in [0.15, 0.2) is 5.96 Å². The maximum atomic E-state index is 11.2. The Hall–Kier alpha value is -1.88. The average Bonchev–Trinajstić information content (AvgIpc) is 2.54. The Morgan fingerprint density at radius 3 is 2.41 bits per heavy atom. The van der Waals surface area contributed by atoms with Crippen molar-refractivity contribution in [3.05, 3.63) is 36.5 Å². The molecule has 5 heteroatoms. The number of hydrogen-bond acceptors (Lipinski definition) is 3. The van der Waals surface area contributed by atoms with Crippen molar-refractivity contribution in [2.24, 2.45) is 21.9 Å². The smallest absolute Gasteiger partial charge is 0.185 e. The zero-order chi connectivity index (χ0) is 12.6. The Balaban J connectivity index is 2.42. The van der Waals surface area contributed by atoms with Crippen LogP contribution in [0.3, 0.4) is 0 Å². The normalized spacial score (nSPS) is 16.5. The van der Waals surface area contributed by atoms with Gasteiger partial charge in [0.1, 0.15) is 6.29 Å². The molecule has 92 valence electrons. The summed E-state index contributed by atoms with van der Waals surface area (Å²) in [5.41, 5.74) is 9.83. The maximum absolute atomic E-state index is 11.2. The van der Waals surface area contributed by atoms with E-state index in [1.165, 1.54) is 0 Å². The van der Waals surface area contributed by atoms with E-state index in [1.54, 1.807) is 0 Å². The Labute approximate surface area is 101 Å².